The highest BCUT2D eigenvalue weighted by Gasteiger charge is 2.07. The van der Waals surface area contributed by atoms with Crippen LogP contribution in [-0.4, -0.2) is 33.0 Å². The lowest BCUT2D eigenvalue weighted by Gasteiger charge is -2.12. The number of aryl methyl sites for hydroxylation is 1. The Balaban J connectivity index is 1.75. The molecule has 2 N–H and O–H groups in total. The molecule has 0 aliphatic rings. The van der Waals surface area contributed by atoms with Crippen molar-refractivity contribution in [1.29, 1.82) is 0 Å². The van der Waals surface area contributed by atoms with Crippen LogP contribution in [0.4, 0.5) is 0 Å². The zero-order valence-corrected chi connectivity index (χ0v) is 12.3. The van der Waals surface area contributed by atoms with Crippen LogP contribution in [0.1, 0.15) is 17.5 Å². The zero-order chi connectivity index (χ0) is 13.7. The third-order valence-corrected chi connectivity index (χ3v) is 3.39. The van der Waals surface area contributed by atoms with E-state index in [4.69, 9.17) is 0 Å². The van der Waals surface area contributed by atoms with Gasteiger partial charge in [-0.25, -0.2) is 0 Å². The van der Waals surface area contributed by atoms with Crippen molar-refractivity contribution in [2.75, 3.05) is 13.1 Å². The molecule has 0 radical (unpaired) electrons. The second kappa shape index (κ2) is 6.79. The smallest absolute Gasteiger partial charge is 0.133 e. The molecule has 0 aliphatic heterocycles. The quantitative estimate of drug-likeness (QED) is 0.789. The molecule has 102 valence electrons. The molecule has 1 heterocycles. The Kier molecular flexibility index (Phi) is 5.07. The largest absolute Gasteiger partial charge is 0.387 e. The van der Waals surface area contributed by atoms with Gasteiger partial charge in [0.15, 0.2) is 0 Å². The first-order chi connectivity index (χ1) is 9.16. The van der Waals surface area contributed by atoms with Crippen LogP contribution in [0.15, 0.2) is 35.1 Å². The molecule has 0 saturated carbocycles. The van der Waals surface area contributed by atoms with E-state index in [2.05, 4.69) is 31.4 Å². The Morgan fingerprint density at radius 3 is 3.00 bits per heavy atom. The van der Waals surface area contributed by atoms with Crippen molar-refractivity contribution < 1.29 is 5.11 Å². The molecule has 0 saturated heterocycles. The number of hydrogen-bond donors (Lipinski definition) is 2. The summed E-state index contributed by atoms with van der Waals surface area (Å²) in [7, 11) is 1.92. The standard InChI is InChI=1S/C13H17BrN4O/c1-18-9-16-17-13(18)5-6-15-8-12(19)10-3-2-4-11(14)7-10/h2-4,7,9,12,15,19H,5-6,8H2,1H3. The Labute approximate surface area is 120 Å². The van der Waals surface area contributed by atoms with E-state index < -0.39 is 6.10 Å². The van der Waals surface area contributed by atoms with Crippen molar-refractivity contribution in [3.8, 4) is 0 Å². The van der Waals surface area contributed by atoms with Gasteiger partial charge in [0, 0.05) is 31.0 Å². The Morgan fingerprint density at radius 1 is 1.47 bits per heavy atom. The normalized spacial score (nSPS) is 12.6. The van der Waals surface area contributed by atoms with Gasteiger partial charge in [-0.05, 0) is 17.7 Å². The molecule has 2 aromatic rings. The van der Waals surface area contributed by atoms with Crippen LogP contribution >= 0.6 is 15.9 Å². The van der Waals surface area contributed by atoms with E-state index in [-0.39, 0.29) is 0 Å². The van der Waals surface area contributed by atoms with Gasteiger partial charge in [-0.3, -0.25) is 0 Å². The number of benzene rings is 1. The maximum atomic E-state index is 10.0. The van der Waals surface area contributed by atoms with Crippen LogP contribution in [0.2, 0.25) is 0 Å². The van der Waals surface area contributed by atoms with Gasteiger partial charge in [-0.2, -0.15) is 0 Å². The summed E-state index contributed by atoms with van der Waals surface area (Å²) < 4.78 is 2.87. The van der Waals surface area contributed by atoms with E-state index in [1.807, 2.05) is 35.9 Å². The summed E-state index contributed by atoms with van der Waals surface area (Å²) in [5, 5.41) is 21.1. The summed E-state index contributed by atoms with van der Waals surface area (Å²) in [4.78, 5) is 0. The zero-order valence-electron chi connectivity index (χ0n) is 10.8. The van der Waals surface area contributed by atoms with E-state index in [0.29, 0.717) is 6.54 Å². The maximum Gasteiger partial charge on any atom is 0.133 e. The lowest BCUT2D eigenvalue weighted by molar-refractivity contribution is 0.175. The lowest BCUT2D eigenvalue weighted by Crippen LogP contribution is -2.24. The average Bonchev–Trinajstić information content (AvgIpc) is 2.80. The molecule has 0 bridgehead atoms. The monoisotopic (exact) mass is 324 g/mol. The van der Waals surface area contributed by atoms with Gasteiger partial charge in [0.1, 0.15) is 12.2 Å². The molecule has 2 rings (SSSR count). The summed E-state index contributed by atoms with van der Waals surface area (Å²) >= 11 is 3.40. The molecule has 1 aromatic heterocycles. The fourth-order valence-corrected chi connectivity index (χ4v) is 2.22. The predicted molar refractivity (Wildman–Crippen MR) is 76.7 cm³/mol. The number of halogens is 1. The first kappa shape index (κ1) is 14.2. The van der Waals surface area contributed by atoms with Gasteiger partial charge >= 0.3 is 0 Å². The van der Waals surface area contributed by atoms with Crippen molar-refractivity contribution in [2.24, 2.45) is 7.05 Å². The van der Waals surface area contributed by atoms with E-state index in [1.54, 1.807) is 6.33 Å². The van der Waals surface area contributed by atoms with Crippen molar-refractivity contribution in [3.05, 3.63) is 46.5 Å². The summed E-state index contributed by atoms with van der Waals surface area (Å²) in [6.45, 7) is 1.28. The summed E-state index contributed by atoms with van der Waals surface area (Å²) in [5.74, 6) is 0.935. The number of aromatic nitrogens is 3. The molecule has 1 unspecified atom stereocenters. The van der Waals surface area contributed by atoms with Gasteiger partial charge in [0.2, 0.25) is 0 Å². The Hall–Kier alpha value is -1.24. The van der Waals surface area contributed by atoms with Gasteiger partial charge < -0.3 is 15.0 Å². The van der Waals surface area contributed by atoms with Crippen molar-refractivity contribution >= 4 is 15.9 Å². The molecule has 0 amide bonds. The average molecular weight is 325 g/mol. The lowest BCUT2D eigenvalue weighted by atomic mass is 10.1. The number of aliphatic hydroxyl groups is 1. The number of nitrogens with zero attached hydrogens (tertiary/aromatic N) is 3. The van der Waals surface area contributed by atoms with Crippen LogP contribution in [0.5, 0.6) is 0 Å². The van der Waals surface area contributed by atoms with Crippen LogP contribution < -0.4 is 5.32 Å². The first-order valence-electron chi connectivity index (χ1n) is 6.14. The molecular weight excluding hydrogens is 308 g/mol. The van der Waals surface area contributed by atoms with Gasteiger partial charge in [0.05, 0.1) is 6.10 Å². The molecule has 0 aliphatic carbocycles. The molecule has 0 spiro atoms. The second-order valence-electron chi connectivity index (χ2n) is 4.38. The minimum Gasteiger partial charge on any atom is -0.387 e. The maximum absolute atomic E-state index is 10.0. The minimum absolute atomic E-state index is 0.503. The minimum atomic E-state index is -0.503. The van der Waals surface area contributed by atoms with Crippen molar-refractivity contribution in [3.63, 3.8) is 0 Å². The van der Waals surface area contributed by atoms with Gasteiger partial charge in [-0.15, -0.1) is 10.2 Å². The fraction of sp³-hybridized carbons (Fsp3) is 0.385. The topological polar surface area (TPSA) is 63.0 Å². The summed E-state index contributed by atoms with van der Waals surface area (Å²) in [5.41, 5.74) is 0.903. The third kappa shape index (κ3) is 4.12. The SMILES string of the molecule is Cn1cnnc1CCNCC(O)c1cccc(Br)c1. The highest BCUT2D eigenvalue weighted by Crippen LogP contribution is 2.17. The number of nitrogens with one attached hydrogen (secondary N) is 1. The van der Waals surface area contributed by atoms with Crippen LogP contribution in [0.3, 0.4) is 0 Å². The van der Waals surface area contributed by atoms with E-state index in [0.717, 1.165) is 28.8 Å². The van der Waals surface area contributed by atoms with Crippen molar-refractivity contribution in [1.82, 2.24) is 20.1 Å². The molecule has 1 aromatic carbocycles. The number of hydrogen-bond acceptors (Lipinski definition) is 4. The second-order valence-corrected chi connectivity index (χ2v) is 5.30. The fourth-order valence-electron chi connectivity index (χ4n) is 1.80. The molecule has 0 fully saturated rings. The highest BCUT2D eigenvalue weighted by molar-refractivity contribution is 9.10. The number of rotatable bonds is 6. The summed E-state index contributed by atoms with van der Waals surface area (Å²) in [6.07, 6.45) is 1.98. The van der Waals surface area contributed by atoms with Crippen LogP contribution in [0.25, 0.3) is 0 Å². The molecule has 5 nitrogen and oxygen atoms in total. The predicted octanol–water partition coefficient (Wildman–Crippen LogP) is 1.44. The first-order valence-corrected chi connectivity index (χ1v) is 6.93. The Bertz CT molecular complexity index is 529. The van der Waals surface area contributed by atoms with E-state index in [9.17, 15) is 5.11 Å². The Morgan fingerprint density at radius 2 is 2.32 bits per heavy atom. The highest BCUT2D eigenvalue weighted by atomic mass is 79.9. The third-order valence-electron chi connectivity index (χ3n) is 2.90. The van der Waals surface area contributed by atoms with Crippen LogP contribution in [-0.2, 0) is 13.5 Å². The van der Waals surface area contributed by atoms with Crippen LogP contribution in [0, 0.1) is 0 Å². The number of aliphatic hydroxyl groups excluding tert-OH is 1. The molecule has 6 heteroatoms. The van der Waals surface area contributed by atoms with Gasteiger partial charge in [-0.1, -0.05) is 28.1 Å². The molecular formula is C13H17BrN4O. The molecule has 1 atom stereocenters. The summed E-state index contributed by atoms with van der Waals surface area (Å²) in [6, 6.07) is 7.70. The van der Waals surface area contributed by atoms with E-state index in [1.165, 1.54) is 0 Å². The van der Waals surface area contributed by atoms with Crippen molar-refractivity contribution in [2.45, 2.75) is 12.5 Å². The van der Waals surface area contributed by atoms with Gasteiger partial charge in [0.25, 0.3) is 0 Å². The molecule has 19 heavy (non-hydrogen) atoms. The van der Waals surface area contributed by atoms with E-state index >= 15 is 0 Å².